The minimum Gasteiger partial charge on any atom is -0.481 e. The molecule has 0 aromatic heterocycles. The zero-order valence-electron chi connectivity index (χ0n) is 10.3. The van der Waals surface area contributed by atoms with Crippen molar-refractivity contribution in [2.75, 3.05) is 0 Å². The van der Waals surface area contributed by atoms with Crippen LogP contribution >= 0.6 is 0 Å². The van der Waals surface area contributed by atoms with Gasteiger partial charge >= 0.3 is 5.97 Å². The third-order valence-electron chi connectivity index (χ3n) is 4.69. The number of carboxylic acid groups (broad SMARTS) is 1. The van der Waals surface area contributed by atoms with Gasteiger partial charge in [-0.1, -0.05) is 25.0 Å². The van der Waals surface area contributed by atoms with Gasteiger partial charge in [-0.3, -0.25) is 9.59 Å². The number of carbonyl (C=O) groups excluding carboxylic acids is 1. The van der Waals surface area contributed by atoms with Crippen LogP contribution < -0.4 is 5.32 Å². The first-order valence-electron chi connectivity index (χ1n) is 6.88. The third-order valence-corrected chi connectivity index (χ3v) is 4.69. The van der Waals surface area contributed by atoms with E-state index < -0.39 is 11.9 Å². The van der Waals surface area contributed by atoms with Crippen molar-refractivity contribution in [2.45, 2.75) is 38.1 Å². The number of rotatable bonds is 3. The molecule has 4 heteroatoms. The Morgan fingerprint density at radius 3 is 2.33 bits per heavy atom. The van der Waals surface area contributed by atoms with E-state index >= 15 is 0 Å². The fourth-order valence-electron chi connectivity index (χ4n) is 3.65. The minimum atomic E-state index is -0.803. The van der Waals surface area contributed by atoms with E-state index in [2.05, 4.69) is 5.32 Å². The minimum absolute atomic E-state index is 0.0822. The lowest BCUT2D eigenvalue weighted by Gasteiger charge is -2.12. The van der Waals surface area contributed by atoms with Gasteiger partial charge in [-0.15, -0.1) is 0 Å². The van der Waals surface area contributed by atoms with Crippen molar-refractivity contribution in [1.82, 2.24) is 5.32 Å². The molecule has 0 radical (unpaired) electrons. The van der Waals surface area contributed by atoms with Crippen LogP contribution in [0, 0.1) is 23.7 Å². The first-order chi connectivity index (χ1) is 8.66. The number of amides is 1. The summed E-state index contributed by atoms with van der Waals surface area (Å²) in [7, 11) is 0. The van der Waals surface area contributed by atoms with Crippen molar-refractivity contribution < 1.29 is 14.7 Å². The Labute approximate surface area is 106 Å². The summed E-state index contributed by atoms with van der Waals surface area (Å²) in [6.45, 7) is 0. The zero-order valence-corrected chi connectivity index (χ0v) is 10.3. The average Bonchev–Trinajstić information content (AvgIpc) is 2.90. The van der Waals surface area contributed by atoms with Gasteiger partial charge in [0.2, 0.25) is 5.91 Å². The van der Waals surface area contributed by atoms with Gasteiger partial charge in [0.1, 0.15) is 0 Å². The van der Waals surface area contributed by atoms with Crippen LogP contribution in [0.4, 0.5) is 0 Å². The summed E-state index contributed by atoms with van der Waals surface area (Å²) in [5, 5.41) is 11.9. The lowest BCUT2D eigenvalue weighted by molar-refractivity contribution is -0.140. The smallest absolute Gasteiger partial charge is 0.310 e. The van der Waals surface area contributed by atoms with Crippen molar-refractivity contribution >= 4 is 11.9 Å². The summed E-state index contributed by atoms with van der Waals surface area (Å²) in [5.41, 5.74) is 0. The van der Waals surface area contributed by atoms with Crippen molar-refractivity contribution in [3.63, 3.8) is 0 Å². The van der Waals surface area contributed by atoms with Gasteiger partial charge in [0.25, 0.3) is 0 Å². The number of carboxylic acids is 1. The molecule has 0 aromatic carbocycles. The largest absolute Gasteiger partial charge is 0.481 e. The molecule has 1 amide bonds. The van der Waals surface area contributed by atoms with Crippen LogP contribution in [0.2, 0.25) is 0 Å². The van der Waals surface area contributed by atoms with E-state index in [0.717, 1.165) is 0 Å². The summed E-state index contributed by atoms with van der Waals surface area (Å²) in [6.07, 6.45) is 8.92. The Morgan fingerprint density at radius 1 is 1.11 bits per heavy atom. The molecule has 2 fully saturated rings. The fraction of sp³-hybridized carbons (Fsp3) is 0.714. The molecule has 0 spiro atoms. The predicted molar refractivity (Wildman–Crippen MR) is 65.8 cm³/mol. The molecule has 0 aliphatic heterocycles. The van der Waals surface area contributed by atoms with Crippen LogP contribution in [0.5, 0.6) is 0 Å². The molecular formula is C14H19NO3. The molecule has 98 valence electrons. The van der Waals surface area contributed by atoms with Gasteiger partial charge in [-0.25, -0.2) is 0 Å². The number of nitrogens with one attached hydrogen (secondary N) is 1. The highest BCUT2D eigenvalue weighted by Crippen LogP contribution is 2.55. The SMILES string of the molecule is O=C(O)C1C=CC(NC(=O)C2C3CCCCC32)C1. The van der Waals surface area contributed by atoms with Crippen LogP contribution in [-0.2, 0) is 9.59 Å². The molecule has 18 heavy (non-hydrogen) atoms. The molecule has 4 nitrogen and oxygen atoms in total. The quantitative estimate of drug-likeness (QED) is 0.746. The summed E-state index contributed by atoms with van der Waals surface area (Å²) in [6, 6.07) is -0.0822. The monoisotopic (exact) mass is 249 g/mol. The number of aliphatic carboxylic acids is 1. The lowest BCUT2D eigenvalue weighted by atomic mass is 10.0. The first-order valence-corrected chi connectivity index (χ1v) is 6.88. The van der Waals surface area contributed by atoms with E-state index in [0.29, 0.717) is 18.3 Å². The Kier molecular flexibility index (Phi) is 2.88. The normalized spacial score (nSPS) is 41.2. The number of hydrogen-bond donors (Lipinski definition) is 2. The van der Waals surface area contributed by atoms with Gasteiger partial charge in [0.05, 0.1) is 5.92 Å². The third kappa shape index (κ3) is 2.04. The number of carbonyl (C=O) groups is 2. The second-order valence-electron chi connectivity index (χ2n) is 5.82. The molecule has 2 N–H and O–H groups in total. The van der Waals surface area contributed by atoms with Crippen molar-refractivity contribution in [1.29, 1.82) is 0 Å². The van der Waals surface area contributed by atoms with Crippen LogP contribution in [-0.4, -0.2) is 23.0 Å². The van der Waals surface area contributed by atoms with E-state index in [-0.39, 0.29) is 17.9 Å². The molecular weight excluding hydrogens is 230 g/mol. The number of hydrogen-bond acceptors (Lipinski definition) is 2. The summed E-state index contributed by atoms with van der Waals surface area (Å²) >= 11 is 0. The molecule has 0 heterocycles. The maximum absolute atomic E-state index is 12.1. The Morgan fingerprint density at radius 2 is 1.78 bits per heavy atom. The Balaban J connectivity index is 1.51. The highest BCUT2D eigenvalue weighted by Gasteiger charge is 2.54. The van der Waals surface area contributed by atoms with Crippen molar-refractivity contribution in [3.05, 3.63) is 12.2 Å². The van der Waals surface area contributed by atoms with Gasteiger partial charge in [0, 0.05) is 12.0 Å². The highest BCUT2D eigenvalue weighted by atomic mass is 16.4. The molecule has 0 bridgehead atoms. The summed E-state index contributed by atoms with van der Waals surface area (Å²) in [4.78, 5) is 22.9. The van der Waals surface area contributed by atoms with Crippen molar-refractivity contribution in [2.24, 2.45) is 23.7 Å². The van der Waals surface area contributed by atoms with Crippen LogP contribution in [0.3, 0.4) is 0 Å². The molecule has 4 unspecified atom stereocenters. The molecule has 0 aromatic rings. The van der Waals surface area contributed by atoms with E-state index in [1.165, 1.54) is 25.7 Å². The molecule has 2 saturated carbocycles. The van der Waals surface area contributed by atoms with Gasteiger partial charge in [-0.2, -0.15) is 0 Å². The Bertz CT molecular complexity index is 392. The van der Waals surface area contributed by atoms with Gasteiger partial charge in [0.15, 0.2) is 0 Å². The van der Waals surface area contributed by atoms with Gasteiger partial charge in [-0.05, 0) is 31.1 Å². The van der Waals surface area contributed by atoms with E-state index in [9.17, 15) is 9.59 Å². The standard InChI is InChI=1S/C14H19NO3/c16-13(12-10-3-1-2-4-11(10)12)15-9-6-5-8(7-9)14(17)18/h5-6,8-12H,1-4,7H2,(H,15,16)(H,17,18). The van der Waals surface area contributed by atoms with E-state index in [1.807, 2.05) is 6.08 Å². The molecule has 3 aliphatic carbocycles. The second kappa shape index (κ2) is 4.41. The maximum atomic E-state index is 12.1. The molecule has 3 rings (SSSR count). The predicted octanol–water partition coefficient (Wildman–Crippen LogP) is 1.57. The summed E-state index contributed by atoms with van der Waals surface area (Å²) in [5.74, 6) is 0.344. The fourth-order valence-corrected chi connectivity index (χ4v) is 3.65. The molecule has 3 aliphatic rings. The Hall–Kier alpha value is -1.32. The van der Waals surface area contributed by atoms with Crippen molar-refractivity contribution in [3.8, 4) is 0 Å². The first kappa shape index (κ1) is 11.8. The lowest BCUT2D eigenvalue weighted by Crippen LogP contribution is -2.35. The van der Waals surface area contributed by atoms with E-state index in [1.54, 1.807) is 6.08 Å². The molecule has 4 atom stereocenters. The van der Waals surface area contributed by atoms with E-state index in [4.69, 9.17) is 5.11 Å². The van der Waals surface area contributed by atoms with Crippen LogP contribution in [0.15, 0.2) is 12.2 Å². The topological polar surface area (TPSA) is 66.4 Å². The highest BCUT2D eigenvalue weighted by molar-refractivity contribution is 5.83. The molecule has 0 saturated heterocycles. The number of fused-ring (bicyclic) bond motifs is 1. The van der Waals surface area contributed by atoms with Gasteiger partial charge < -0.3 is 10.4 Å². The van der Waals surface area contributed by atoms with Crippen LogP contribution in [0.25, 0.3) is 0 Å². The maximum Gasteiger partial charge on any atom is 0.310 e. The van der Waals surface area contributed by atoms with Crippen LogP contribution in [0.1, 0.15) is 32.1 Å². The zero-order chi connectivity index (χ0) is 12.7. The second-order valence-corrected chi connectivity index (χ2v) is 5.82. The average molecular weight is 249 g/mol. The summed E-state index contributed by atoms with van der Waals surface area (Å²) < 4.78 is 0.